The van der Waals surface area contributed by atoms with Crippen LogP contribution >= 0.6 is 0 Å². The van der Waals surface area contributed by atoms with Crippen molar-refractivity contribution in [2.24, 2.45) is 5.92 Å². The Morgan fingerprint density at radius 2 is 1.83 bits per heavy atom. The second-order valence-corrected chi connectivity index (χ2v) is 7.65. The molecule has 1 aromatic heterocycles. The Bertz CT molecular complexity index is 1210. The van der Waals surface area contributed by atoms with Gasteiger partial charge in [0.05, 0.1) is 16.6 Å². The van der Waals surface area contributed by atoms with Gasteiger partial charge in [0.2, 0.25) is 0 Å². The summed E-state index contributed by atoms with van der Waals surface area (Å²) < 4.78 is 14.6. The molecule has 3 aromatic rings. The number of aromatic nitrogens is 2. The maximum atomic E-state index is 13.3. The number of anilines is 1. The van der Waals surface area contributed by atoms with Crippen LogP contribution < -0.4 is 17.0 Å². The zero-order valence-electron chi connectivity index (χ0n) is 16.4. The number of H-pyrrole nitrogens is 1. The van der Waals surface area contributed by atoms with Crippen molar-refractivity contribution in [2.75, 3.05) is 25.4 Å². The van der Waals surface area contributed by atoms with Gasteiger partial charge in [-0.25, -0.2) is 9.18 Å². The van der Waals surface area contributed by atoms with E-state index in [9.17, 15) is 18.8 Å². The number of aromatic amines is 1. The molecule has 0 bridgehead atoms. The van der Waals surface area contributed by atoms with Gasteiger partial charge in [-0.1, -0.05) is 12.1 Å². The first-order chi connectivity index (χ1) is 14.4. The number of fused-ring (bicyclic) bond motifs is 1. The average Bonchev–Trinajstić information content (AvgIpc) is 2.75. The molecule has 0 aliphatic carbocycles. The minimum absolute atomic E-state index is 0.0238. The minimum atomic E-state index is -0.528. The fourth-order valence-electron chi connectivity index (χ4n) is 3.99. The van der Waals surface area contributed by atoms with E-state index in [-0.39, 0.29) is 29.5 Å². The lowest BCUT2D eigenvalue weighted by Crippen LogP contribution is -2.42. The summed E-state index contributed by atoms with van der Waals surface area (Å²) in [4.78, 5) is 42.5. The van der Waals surface area contributed by atoms with Gasteiger partial charge in [-0.15, -0.1) is 0 Å². The third-order valence-corrected chi connectivity index (χ3v) is 5.77. The first kappa shape index (κ1) is 20.0. The van der Waals surface area contributed by atoms with Crippen LogP contribution in [0.2, 0.25) is 0 Å². The van der Waals surface area contributed by atoms with Crippen molar-refractivity contribution in [3.63, 3.8) is 0 Å². The molecule has 1 saturated heterocycles. The van der Waals surface area contributed by atoms with Crippen LogP contribution in [0.1, 0.15) is 23.2 Å². The van der Waals surface area contributed by atoms with Gasteiger partial charge in [-0.3, -0.25) is 14.2 Å². The van der Waals surface area contributed by atoms with Gasteiger partial charge in [0, 0.05) is 24.6 Å². The van der Waals surface area contributed by atoms with Crippen molar-refractivity contribution < 1.29 is 9.18 Å². The van der Waals surface area contributed by atoms with Gasteiger partial charge in [0.25, 0.3) is 5.56 Å². The van der Waals surface area contributed by atoms with Crippen LogP contribution in [-0.2, 0) is 6.54 Å². The number of carbonyl (C=O) groups is 1. The van der Waals surface area contributed by atoms with Crippen molar-refractivity contribution in [1.29, 1.82) is 0 Å². The average molecular weight is 410 g/mol. The molecule has 0 amide bonds. The Balaban J connectivity index is 1.38. The maximum absolute atomic E-state index is 13.3. The molecule has 3 N–H and O–H groups in total. The van der Waals surface area contributed by atoms with E-state index in [4.69, 9.17) is 5.73 Å². The van der Waals surface area contributed by atoms with Crippen LogP contribution in [0, 0.1) is 11.7 Å². The summed E-state index contributed by atoms with van der Waals surface area (Å²) in [5.74, 6) is -0.693. The number of carbonyl (C=O) groups excluding carboxylic acids is 1. The Kier molecular flexibility index (Phi) is 5.50. The molecule has 0 spiro atoms. The zero-order chi connectivity index (χ0) is 21.3. The predicted molar refractivity (Wildman–Crippen MR) is 113 cm³/mol. The van der Waals surface area contributed by atoms with Crippen molar-refractivity contribution in [3.8, 4) is 0 Å². The van der Waals surface area contributed by atoms with Crippen molar-refractivity contribution in [2.45, 2.75) is 19.4 Å². The van der Waals surface area contributed by atoms with Crippen LogP contribution in [0.5, 0.6) is 0 Å². The zero-order valence-corrected chi connectivity index (χ0v) is 16.4. The largest absolute Gasteiger partial charge is 0.396 e. The quantitative estimate of drug-likeness (QED) is 0.495. The minimum Gasteiger partial charge on any atom is -0.396 e. The Morgan fingerprint density at radius 1 is 1.10 bits per heavy atom. The number of likely N-dealkylation sites (tertiary alicyclic amines) is 1. The van der Waals surface area contributed by atoms with Gasteiger partial charge in [-0.2, -0.15) is 0 Å². The van der Waals surface area contributed by atoms with Crippen LogP contribution in [0.4, 0.5) is 10.1 Å². The summed E-state index contributed by atoms with van der Waals surface area (Å²) in [6.45, 7) is 2.21. The van der Waals surface area contributed by atoms with Gasteiger partial charge in [-0.05, 0) is 56.3 Å². The monoisotopic (exact) mass is 410 g/mol. The van der Waals surface area contributed by atoms with Gasteiger partial charge in [0.15, 0.2) is 5.78 Å². The van der Waals surface area contributed by atoms with E-state index in [1.54, 1.807) is 24.3 Å². The number of hydrogen-bond donors (Lipinski definition) is 2. The molecule has 0 saturated carbocycles. The van der Waals surface area contributed by atoms with Crippen molar-refractivity contribution in [1.82, 2.24) is 14.5 Å². The molecule has 2 aromatic carbocycles. The number of nitrogen functional groups attached to an aromatic ring is 1. The summed E-state index contributed by atoms with van der Waals surface area (Å²) in [5.41, 5.74) is 5.80. The number of para-hydroxylation sites is 1. The lowest BCUT2D eigenvalue weighted by atomic mass is 9.88. The first-order valence-electron chi connectivity index (χ1n) is 9.97. The maximum Gasteiger partial charge on any atom is 0.328 e. The highest BCUT2D eigenvalue weighted by Gasteiger charge is 2.26. The third-order valence-electron chi connectivity index (χ3n) is 5.77. The van der Waals surface area contributed by atoms with Gasteiger partial charge >= 0.3 is 5.69 Å². The molecule has 1 fully saturated rings. The number of halogens is 1. The number of Topliss-reactive ketones (excluding diaryl/α,β-unsaturated/α-hetero) is 1. The van der Waals surface area contributed by atoms with Crippen LogP contribution in [-0.4, -0.2) is 39.9 Å². The van der Waals surface area contributed by atoms with E-state index < -0.39 is 11.5 Å². The summed E-state index contributed by atoms with van der Waals surface area (Å²) in [7, 11) is 0. The number of ketones is 1. The molecule has 4 rings (SSSR count). The lowest BCUT2D eigenvalue weighted by Gasteiger charge is -2.31. The predicted octanol–water partition coefficient (Wildman–Crippen LogP) is 2.01. The summed E-state index contributed by atoms with van der Waals surface area (Å²) in [6, 6.07) is 11.0. The number of nitrogens with one attached hydrogen (secondary N) is 1. The van der Waals surface area contributed by atoms with E-state index in [0.29, 0.717) is 48.9 Å². The van der Waals surface area contributed by atoms with E-state index in [0.717, 1.165) is 0 Å². The number of hydrogen-bond acceptors (Lipinski definition) is 5. The second-order valence-electron chi connectivity index (χ2n) is 7.65. The van der Waals surface area contributed by atoms with E-state index in [1.807, 2.05) is 0 Å². The summed E-state index contributed by atoms with van der Waals surface area (Å²) >= 11 is 0. The van der Waals surface area contributed by atoms with E-state index >= 15 is 0 Å². The fraction of sp³-hybridized carbons (Fsp3) is 0.318. The number of nitrogens with zero attached hydrogens (tertiary/aromatic N) is 2. The number of rotatable bonds is 5. The number of piperidine rings is 1. The number of nitrogens with two attached hydrogens (primary N) is 1. The Morgan fingerprint density at radius 3 is 2.57 bits per heavy atom. The van der Waals surface area contributed by atoms with Crippen LogP contribution in [0.15, 0.2) is 52.1 Å². The molecule has 2 heterocycles. The molecule has 30 heavy (non-hydrogen) atoms. The smallest absolute Gasteiger partial charge is 0.328 e. The highest BCUT2D eigenvalue weighted by Crippen LogP contribution is 2.23. The van der Waals surface area contributed by atoms with Crippen LogP contribution in [0.25, 0.3) is 10.9 Å². The molecule has 0 radical (unpaired) electrons. The van der Waals surface area contributed by atoms with Crippen LogP contribution in [0.3, 0.4) is 0 Å². The van der Waals surface area contributed by atoms with E-state index in [1.165, 1.54) is 22.8 Å². The molecule has 1 aliphatic heterocycles. The van der Waals surface area contributed by atoms with Crippen molar-refractivity contribution in [3.05, 3.63) is 74.7 Å². The van der Waals surface area contributed by atoms with Crippen molar-refractivity contribution >= 4 is 22.4 Å². The second kappa shape index (κ2) is 8.23. The summed E-state index contributed by atoms with van der Waals surface area (Å²) in [5, 5.41) is 0.486. The molecule has 0 unspecified atom stereocenters. The fourth-order valence-corrected chi connectivity index (χ4v) is 3.99. The molecule has 1 aliphatic rings. The topological polar surface area (TPSA) is 101 Å². The lowest BCUT2D eigenvalue weighted by molar-refractivity contribution is 0.0837. The molecular weight excluding hydrogens is 387 g/mol. The Labute approximate surface area is 171 Å². The molecule has 7 nitrogen and oxygen atoms in total. The highest BCUT2D eigenvalue weighted by atomic mass is 19.1. The number of benzene rings is 2. The highest BCUT2D eigenvalue weighted by molar-refractivity contribution is 5.98. The normalized spacial score (nSPS) is 15.5. The third kappa shape index (κ3) is 3.91. The molecule has 8 heteroatoms. The standard InChI is InChI=1S/C22H23FN4O3/c23-17-6-5-15(13-18(17)24)20(28)14-7-9-26(10-8-14)11-12-27-21(29)16-3-1-2-4-19(16)25-22(27)30/h1-6,13-14H,7-12,24H2,(H,25,30). The Hall–Kier alpha value is -3.26. The first-order valence-corrected chi connectivity index (χ1v) is 9.97. The van der Waals surface area contributed by atoms with Gasteiger partial charge in [0.1, 0.15) is 5.82 Å². The van der Waals surface area contributed by atoms with E-state index in [2.05, 4.69) is 9.88 Å². The molecular formula is C22H23FN4O3. The summed E-state index contributed by atoms with van der Waals surface area (Å²) in [6.07, 6.45) is 1.33. The van der Waals surface area contributed by atoms with Gasteiger partial charge < -0.3 is 15.6 Å². The molecule has 156 valence electrons. The SMILES string of the molecule is Nc1cc(C(=O)C2CCN(CCn3c(=O)[nH]c4ccccc4c3=O)CC2)ccc1F. The molecule has 0 atom stereocenters.